The molecule has 52 heavy (non-hydrogen) atoms. The lowest BCUT2D eigenvalue weighted by molar-refractivity contribution is -0.138. The first-order valence-corrected chi connectivity index (χ1v) is 17.0. The highest BCUT2D eigenvalue weighted by Gasteiger charge is 2.45. The molecule has 4 aliphatic heterocycles. The number of carbonyl (C=O) groups excluding carboxylic acids is 5. The number of alkyl halides is 3. The molecule has 16 heteroatoms. The van der Waals surface area contributed by atoms with Gasteiger partial charge in [-0.3, -0.25) is 38.9 Å². The molecule has 1 unspecified atom stereocenters. The second-order valence-electron chi connectivity index (χ2n) is 14.2. The van der Waals surface area contributed by atoms with Gasteiger partial charge in [0, 0.05) is 50.2 Å². The Hall–Kier alpha value is -5.72. The number of aromatic nitrogens is 2. The summed E-state index contributed by atoms with van der Waals surface area (Å²) in [6, 6.07) is 8.72. The van der Waals surface area contributed by atoms with Gasteiger partial charge < -0.3 is 15.1 Å². The van der Waals surface area contributed by atoms with E-state index < -0.39 is 58.4 Å². The molecule has 3 aromatic rings. The van der Waals surface area contributed by atoms with Crippen molar-refractivity contribution >= 4 is 46.6 Å². The molecule has 0 aliphatic carbocycles. The zero-order valence-electron chi connectivity index (χ0n) is 28.4. The Bertz CT molecular complexity index is 2040. The number of hydrogen-bond acceptors (Lipinski definition) is 9. The number of benzene rings is 2. The van der Waals surface area contributed by atoms with E-state index in [1.165, 1.54) is 16.8 Å². The van der Waals surface area contributed by atoms with Crippen molar-refractivity contribution in [2.24, 2.45) is 11.8 Å². The molecule has 13 nitrogen and oxygen atoms in total. The molecule has 3 saturated heterocycles. The first kappa shape index (κ1) is 34.7. The number of nitrogens with zero attached hydrogens (tertiary/aromatic N) is 6. The molecule has 1 aromatic heterocycles. The smallest absolute Gasteiger partial charge is 0.371 e. The highest BCUT2D eigenvalue weighted by atomic mass is 19.4. The minimum atomic E-state index is -4.75. The van der Waals surface area contributed by atoms with Gasteiger partial charge in [0.25, 0.3) is 17.7 Å². The quantitative estimate of drug-likeness (QED) is 0.346. The Morgan fingerprint density at radius 2 is 1.63 bits per heavy atom. The summed E-state index contributed by atoms with van der Waals surface area (Å²) in [5.74, 6) is -1.78. The summed E-state index contributed by atoms with van der Waals surface area (Å²) in [6.45, 7) is 6.38. The molecule has 2 aromatic carbocycles. The van der Waals surface area contributed by atoms with Gasteiger partial charge in [0.15, 0.2) is 0 Å². The van der Waals surface area contributed by atoms with Crippen LogP contribution in [0.4, 0.5) is 30.2 Å². The summed E-state index contributed by atoms with van der Waals surface area (Å²) >= 11 is 0. The van der Waals surface area contributed by atoms with Gasteiger partial charge in [-0.05, 0) is 81.3 Å². The average molecular weight is 717 g/mol. The van der Waals surface area contributed by atoms with Crippen LogP contribution < -0.4 is 20.4 Å². The summed E-state index contributed by atoms with van der Waals surface area (Å²) in [5, 5.41) is 18.2. The second kappa shape index (κ2) is 12.8. The number of hydrogen-bond donors (Lipinski definition) is 2. The van der Waals surface area contributed by atoms with Crippen LogP contribution in [0.25, 0.3) is 0 Å². The number of nitriles is 1. The molecule has 1 atom stereocenters. The topological polar surface area (TPSA) is 161 Å². The van der Waals surface area contributed by atoms with Gasteiger partial charge in [-0.2, -0.15) is 23.5 Å². The molecule has 2 N–H and O–H groups in total. The third kappa shape index (κ3) is 6.13. The van der Waals surface area contributed by atoms with E-state index in [0.717, 1.165) is 67.4 Å². The van der Waals surface area contributed by atoms with Gasteiger partial charge in [0.2, 0.25) is 11.8 Å². The van der Waals surface area contributed by atoms with Crippen molar-refractivity contribution in [3.05, 3.63) is 71.0 Å². The molecule has 4 aliphatic rings. The maximum Gasteiger partial charge on any atom is 0.417 e. The number of anilines is 3. The minimum absolute atomic E-state index is 0.0611. The molecular weight excluding hydrogens is 681 g/mol. The maximum absolute atomic E-state index is 13.4. The predicted molar refractivity (Wildman–Crippen MR) is 180 cm³/mol. The zero-order chi connectivity index (χ0) is 37.1. The number of halogens is 3. The summed E-state index contributed by atoms with van der Waals surface area (Å²) in [4.78, 5) is 68.8. The lowest BCUT2D eigenvalue weighted by Crippen LogP contribution is -2.54. The van der Waals surface area contributed by atoms with Crippen molar-refractivity contribution in [1.29, 1.82) is 5.26 Å². The number of amides is 5. The summed E-state index contributed by atoms with van der Waals surface area (Å²) in [7, 11) is 0. The van der Waals surface area contributed by atoms with Gasteiger partial charge >= 0.3 is 6.18 Å². The van der Waals surface area contributed by atoms with Crippen molar-refractivity contribution in [2.75, 3.05) is 41.3 Å². The van der Waals surface area contributed by atoms with Crippen LogP contribution in [0.2, 0.25) is 0 Å². The summed E-state index contributed by atoms with van der Waals surface area (Å²) in [5.41, 5.74) is -0.800. The number of imide groups is 2. The Morgan fingerprint density at radius 3 is 2.31 bits per heavy atom. The summed E-state index contributed by atoms with van der Waals surface area (Å²) < 4.78 is 41.8. The van der Waals surface area contributed by atoms with E-state index in [0.29, 0.717) is 11.8 Å². The largest absolute Gasteiger partial charge is 0.417 e. The molecule has 0 bridgehead atoms. The third-order valence-electron chi connectivity index (χ3n) is 10.7. The molecule has 270 valence electrons. The molecule has 5 amide bonds. The number of fused-ring (bicyclic) bond motifs is 1. The normalized spacial score (nSPS) is 20.1. The fourth-order valence-electron chi connectivity index (χ4n) is 7.43. The van der Waals surface area contributed by atoms with Crippen molar-refractivity contribution in [3.8, 4) is 6.07 Å². The van der Waals surface area contributed by atoms with E-state index in [9.17, 15) is 37.1 Å². The number of piperidine rings is 2. The van der Waals surface area contributed by atoms with Crippen LogP contribution in [0.15, 0.2) is 48.8 Å². The lowest BCUT2D eigenvalue weighted by Gasteiger charge is -2.47. The van der Waals surface area contributed by atoms with Crippen LogP contribution in [0.5, 0.6) is 0 Å². The van der Waals surface area contributed by atoms with E-state index in [2.05, 4.69) is 25.5 Å². The van der Waals surface area contributed by atoms with Crippen LogP contribution in [0, 0.1) is 23.2 Å². The van der Waals surface area contributed by atoms with E-state index in [1.807, 2.05) is 6.07 Å². The average Bonchev–Trinajstić information content (AvgIpc) is 3.68. The van der Waals surface area contributed by atoms with Crippen molar-refractivity contribution in [1.82, 2.24) is 20.0 Å². The zero-order valence-corrected chi connectivity index (χ0v) is 28.4. The lowest BCUT2D eigenvalue weighted by atomic mass is 9.79. The van der Waals surface area contributed by atoms with E-state index in [4.69, 9.17) is 5.26 Å². The van der Waals surface area contributed by atoms with Gasteiger partial charge in [0.1, 0.15) is 11.6 Å². The first-order chi connectivity index (χ1) is 24.6. The highest BCUT2D eigenvalue weighted by molar-refractivity contribution is 6.23. The Labute approximate surface area is 296 Å². The van der Waals surface area contributed by atoms with Crippen LogP contribution >= 0.6 is 0 Å². The van der Waals surface area contributed by atoms with Gasteiger partial charge in [-0.25, -0.2) is 0 Å². The molecule has 7 rings (SSSR count). The van der Waals surface area contributed by atoms with Crippen molar-refractivity contribution < 1.29 is 37.1 Å². The van der Waals surface area contributed by atoms with Crippen molar-refractivity contribution in [2.45, 2.75) is 57.3 Å². The molecule has 0 spiro atoms. The molecule has 5 heterocycles. The number of carbonyl (C=O) groups is 5. The van der Waals surface area contributed by atoms with Crippen molar-refractivity contribution in [3.63, 3.8) is 0 Å². The molecule has 0 radical (unpaired) electrons. The third-order valence-corrected chi connectivity index (χ3v) is 10.7. The second-order valence-corrected chi connectivity index (χ2v) is 14.2. The van der Waals surface area contributed by atoms with E-state index >= 15 is 0 Å². The highest BCUT2D eigenvalue weighted by Crippen LogP contribution is 2.38. The summed E-state index contributed by atoms with van der Waals surface area (Å²) in [6.07, 6.45) is 0.716. The molecule has 3 fully saturated rings. The molecule has 0 saturated carbocycles. The number of nitrogens with one attached hydrogen (secondary N) is 2. The first-order valence-electron chi connectivity index (χ1n) is 17.0. The Kier molecular flexibility index (Phi) is 8.55. The fourth-order valence-corrected chi connectivity index (χ4v) is 7.43. The Balaban J connectivity index is 0.925. The molecular formula is C36H35F3N8O5. The van der Waals surface area contributed by atoms with Crippen LogP contribution in [-0.2, 0) is 26.1 Å². The SMILES string of the molecule is CC(C)(C(=O)Nc1ccc(C#N)c(C(F)(F)F)c1)n1cc(N2CCC(C3CN(c4ccc5c(c4)C(=O)N(C4CCC(=O)NC4=O)C5=O)C3)CC2)cn1. The van der Waals surface area contributed by atoms with Gasteiger partial charge in [-0.15, -0.1) is 0 Å². The minimum Gasteiger partial charge on any atom is -0.371 e. The van der Waals surface area contributed by atoms with Gasteiger partial charge in [0.05, 0.1) is 40.2 Å². The van der Waals surface area contributed by atoms with Crippen LogP contribution in [0.3, 0.4) is 0 Å². The van der Waals surface area contributed by atoms with E-state index in [-0.39, 0.29) is 29.7 Å². The van der Waals surface area contributed by atoms with E-state index in [1.54, 1.807) is 38.4 Å². The van der Waals surface area contributed by atoms with Crippen LogP contribution in [-0.4, -0.2) is 76.4 Å². The Morgan fingerprint density at radius 1 is 0.923 bits per heavy atom. The number of rotatable bonds is 7. The maximum atomic E-state index is 13.4. The van der Waals surface area contributed by atoms with Crippen LogP contribution in [0.1, 0.15) is 71.4 Å². The monoisotopic (exact) mass is 716 g/mol. The van der Waals surface area contributed by atoms with Gasteiger partial charge in [-0.1, -0.05) is 0 Å². The predicted octanol–water partition coefficient (Wildman–Crippen LogP) is 3.90. The fraction of sp³-hybridized carbons (Fsp3) is 0.417. The standard InChI is InChI=1S/C36H35F3N8O5/c1-35(2,34(52)42-23-4-3-21(15-40)28(13-23)36(37,38)39)46-19-25(16-41-46)44-11-9-20(10-12-44)22-17-45(18-22)24-5-6-26-27(14-24)33(51)47(32(26)50)29-7-8-30(48)43-31(29)49/h3-6,13-14,16,19-20,22,29H,7-12,17-18H2,1-2H3,(H,42,52)(H,43,48,49).